The van der Waals surface area contributed by atoms with Crippen molar-refractivity contribution < 1.29 is 9.13 Å². The van der Waals surface area contributed by atoms with Crippen LogP contribution in [0.3, 0.4) is 0 Å². The minimum atomic E-state index is -0.0222. The van der Waals surface area contributed by atoms with E-state index in [9.17, 15) is 4.39 Å². The Hall–Kier alpha value is -2.57. The van der Waals surface area contributed by atoms with Crippen LogP contribution < -0.4 is 4.74 Å². The average Bonchev–Trinajstić information content (AvgIpc) is 2.87. The maximum absolute atomic E-state index is 14.6. The molecule has 2 aromatic carbocycles. The molecule has 0 atom stereocenters. The molecule has 3 heterocycles. The minimum absolute atomic E-state index is 0.0222. The van der Waals surface area contributed by atoms with Crippen LogP contribution >= 0.6 is 0 Å². The second-order valence-corrected chi connectivity index (χ2v) is 10.4. The van der Waals surface area contributed by atoms with Gasteiger partial charge in [0.05, 0.1) is 10.9 Å². The molecule has 0 saturated carbocycles. The highest BCUT2D eigenvalue weighted by atomic mass is 19.1. The average molecular weight is 477 g/mol. The van der Waals surface area contributed by atoms with Crippen LogP contribution in [0.2, 0.25) is 0 Å². The Balaban J connectivity index is 1.10. The lowest BCUT2D eigenvalue weighted by molar-refractivity contribution is 0.155. The van der Waals surface area contributed by atoms with Gasteiger partial charge in [0.15, 0.2) is 0 Å². The van der Waals surface area contributed by atoms with Crippen molar-refractivity contribution in [1.29, 1.82) is 0 Å². The molecule has 6 heteroatoms. The standard InChI is InChI=1S/C29H37FN4O/c1-21-31-20-26-28(32-21)4-3-5-29(26)35-17-16-34-14-8-22(9-15-34)18-23-6-7-27(30)25(19-23)24-10-12-33(2)13-11-24/h3-7,19-20,22,24H,8-18H2,1-2H3. The van der Waals surface area contributed by atoms with Crippen LogP contribution in [-0.2, 0) is 6.42 Å². The third-order valence-electron chi connectivity index (χ3n) is 7.82. The van der Waals surface area contributed by atoms with E-state index in [4.69, 9.17) is 4.74 Å². The van der Waals surface area contributed by atoms with Gasteiger partial charge in [-0.3, -0.25) is 4.90 Å². The van der Waals surface area contributed by atoms with Crippen LogP contribution in [0, 0.1) is 18.7 Å². The molecule has 35 heavy (non-hydrogen) atoms. The number of aryl methyl sites for hydroxylation is 1. The molecular formula is C29H37FN4O. The van der Waals surface area contributed by atoms with E-state index in [1.54, 1.807) is 6.07 Å². The maximum atomic E-state index is 14.6. The van der Waals surface area contributed by atoms with Crippen LogP contribution in [0.25, 0.3) is 10.9 Å². The van der Waals surface area contributed by atoms with Crippen molar-refractivity contribution in [2.75, 3.05) is 46.4 Å². The van der Waals surface area contributed by atoms with Gasteiger partial charge in [-0.15, -0.1) is 0 Å². The van der Waals surface area contributed by atoms with Crippen molar-refractivity contribution in [1.82, 2.24) is 19.8 Å². The zero-order chi connectivity index (χ0) is 24.2. The first-order valence-electron chi connectivity index (χ1n) is 13.1. The van der Waals surface area contributed by atoms with E-state index in [1.807, 2.05) is 37.4 Å². The molecule has 0 N–H and O–H groups in total. The van der Waals surface area contributed by atoms with Gasteiger partial charge >= 0.3 is 0 Å². The molecule has 3 aromatic rings. The van der Waals surface area contributed by atoms with Crippen LogP contribution in [0.1, 0.15) is 48.6 Å². The molecule has 0 amide bonds. The summed E-state index contributed by atoms with van der Waals surface area (Å²) in [5, 5.41) is 0.968. The number of piperidine rings is 2. The quantitative estimate of drug-likeness (QED) is 0.468. The molecule has 1 aromatic heterocycles. The number of fused-ring (bicyclic) bond motifs is 1. The lowest BCUT2D eigenvalue weighted by Crippen LogP contribution is -2.37. The van der Waals surface area contributed by atoms with Gasteiger partial charge in [-0.05, 0) is 113 Å². The summed E-state index contributed by atoms with van der Waals surface area (Å²) in [6.07, 6.45) is 7.39. The summed E-state index contributed by atoms with van der Waals surface area (Å²) in [5.74, 6) is 2.64. The molecular weight excluding hydrogens is 439 g/mol. The number of halogens is 1. The molecule has 2 fully saturated rings. The first-order chi connectivity index (χ1) is 17.0. The van der Waals surface area contributed by atoms with Gasteiger partial charge in [-0.25, -0.2) is 14.4 Å². The van der Waals surface area contributed by atoms with Crippen LogP contribution in [0.4, 0.5) is 4.39 Å². The van der Waals surface area contributed by atoms with Gasteiger partial charge in [-0.2, -0.15) is 0 Å². The number of likely N-dealkylation sites (tertiary alicyclic amines) is 2. The molecule has 0 radical (unpaired) electrons. The fourth-order valence-corrected chi connectivity index (χ4v) is 5.63. The number of ether oxygens (including phenoxy) is 1. The largest absolute Gasteiger partial charge is 0.491 e. The van der Waals surface area contributed by atoms with Crippen molar-refractivity contribution in [2.24, 2.45) is 5.92 Å². The number of benzene rings is 2. The van der Waals surface area contributed by atoms with Crippen LogP contribution in [0.15, 0.2) is 42.6 Å². The van der Waals surface area contributed by atoms with Crippen molar-refractivity contribution >= 4 is 10.9 Å². The summed E-state index contributed by atoms with van der Waals surface area (Å²) in [4.78, 5) is 13.7. The molecule has 5 nitrogen and oxygen atoms in total. The predicted molar refractivity (Wildman–Crippen MR) is 139 cm³/mol. The molecule has 0 aliphatic carbocycles. The van der Waals surface area contributed by atoms with Crippen LogP contribution in [-0.4, -0.2) is 66.1 Å². The lowest BCUT2D eigenvalue weighted by Gasteiger charge is -2.32. The predicted octanol–water partition coefficient (Wildman–Crippen LogP) is 5.22. The van der Waals surface area contributed by atoms with E-state index in [0.717, 1.165) is 80.0 Å². The minimum Gasteiger partial charge on any atom is -0.491 e. The molecule has 2 aliphatic rings. The zero-order valence-electron chi connectivity index (χ0n) is 21.0. The summed E-state index contributed by atoms with van der Waals surface area (Å²) in [6, 6.07) is 11.9. The summed E-state index contributed by atoms with van der Waals surface area (Å²) in [6.45, 7) is 7.79. The van der Waals surface area contributed by atoms with Crippen molar-refractivity contribution in [3.05, 3.63) is 65.4 Å². The molecule has 2 saturated heterocycles. The monoisotopic (exact) mass is 476 g/mol. The summed E-state index contributed by atoms with van der Waals surface area (Å²) >= 11 is 0. The van der Waals surface area contributed by atoms with E-state index >= 15 is 0 Å². The number of nitrogens with zero attached hydrogens (tertiary/aromatic N) is 4. The van der Waals surface area contributed by atoms with Crippen molar-refractivity contribution in [3.63, 3.8) is 0 Å². The van der Waals surface area contributed by atoms with E-state index in [2.05, 4.69) is 32.9 Å². The molecule has 0 spiro atoms. The normalized spacial score (nSPS) is 18.8. The molecule has 5 rings (SSSR count). The topological polar surface area (TPSA) is 41.5 Å². The third kappa shape index (κ3) is 5.99. The highest BCUT2D eigenvalue weighted by molar-refractivity contribution is 5.84. The fraction of sp³-hybridized carbons (Fsp3) is 0.517. The highest BCUT2D eigenvalue weighted by Gasteiger charge is 2.23. The summed E-state index contributed by atoms with van der Waals surface area (Å²) in [7, 11) is 2.15. The van der Waals surface area contributed by atoms with E-state index < -0.39 is 0 Å². The summed E-state index contributed by atoms with van der Waals surface area (Å²) in [5.41, 5.74) is 3.17. The van der Waals surface area contributed by atoms with Gasteiger partial charge in [0.1, 0.15) is 24.0 Å². The van der Waals surface area contributed by atoms with Gasteiger partial charge in [-0.1, -0.05) is 18.2 Å². The molecule has 0 unspecified atom stereocenters. The maximum Gasteiger partial charge on any atom is 0.130 e. The summed E-state index contributed by atoms with van der Waals surface area (Å²) < 4.78 is 20.7. The van der Waals surface area contributed by atoms with E-state index in [-0.39, 0.29) is 5.82 Å². The Kier molecular flexibility index (Phi) is 7.59. The number of hydrogen-bond acceptors (Lipinski definition) is 5. The highest BCUT2D eigenvalue weighted by Crippen LogP contribution is 2.31. The Morgan fingerprint density at radius 3 is 2.63 bits per heavy atom. The Morgan fingerprint density at radius 1 is 1.03 bits per heavy atom. The van der Waals surface area contributed by atoms with Crippen LogP contribution in [0.5, 0.6) is 5.75 Å². The first kappa shape index (κ1) is 24.1. The van der Waals surface area contributed by atoms with Crippen molar-refractivity contribution in [3.8, 4) is 5.75 Å². The van der Waals surface area contributed by atoms with Gasteiger partial charge in [0, 0.05) is 12.7 Å². The van der Waals surface area contributed by atoms with E-state index in [1.165, 1.54) is 18.4 Å². The zero-order valence-corrected chi connectivity index (χ0v) is 21.0. The number of aromatic nitrogens is 2. The number of hydrogen-bond donors (Lipinski definition) is 0. The Morgan fingerprint density at radius 2 is 1.83 bits per heavy atom. The van der Waals surface area contributed by atoms with Gasteiger partial charge in [0.2, 0.25) is 0 Å². The number of rotatable bonds is 7. The molecule has 186 valence electrons. The van der Waals surface area contributed by atoms with E-state index in [0.29, 0.717) is 18.4 Å². The molecule has 2 aliphatic heterocycles. The molecule has 0 bridgehead atoms. The lowest BCUT2D eigenvalue weighted by atomic mass is 9.85. The van der Waals surface area contributed by atoms with Crippen molar-refractivity contribution in [2.45, 2.75) is 44.9 Å². The second-order valence-electron chi connectivity index (χ2n) is 10.4. The SMILES string of the molecule is Cc1ncc2c(OCCN3CCC(Cc4ccc(F)c(C5CCN(C)CC5)c4)CC3)cccc2n1. The van der Waals surface area contributed by atoms with Gasteiger partial charge in [0.25, 0.3) is 0 Å². The fourth-order valence-electron chi connectivity index (χ4n) is 5.63. The Bertz CT molecular complexity index is 1140. The second kappa shape index (κ2) is 11.0. The smallest absolute Gasteiger partial charge is 0.130 e. The van der Waals surface area contributed by atoms with Gasteiger partial charge < -0.3 is 9.64 Å². The first-order valence-corrected chi connectivity index (χ1v) is 13.1. The third-order valence-corrected chi connectivity index (χ3v) is 7.82. The Labute approximate surface area is 208 Å².